The van der Waals surface area contributed by atoms with Crippen molar-refractivity contribution in [3.63, 3.8) is 0 Å². The molecule has 0 bridgehead atoms. The molecule has 2 heterocycles. The lowest BCUT2D eigenvalue weighted by Gasteiger charge is -2.17. The number of imidazole rings is 1. The number of aliphatic hydroxyl groups excluding tert-OH is 1. The molecular formula is C12H14Cl2N4O. The second kappa shape index (κ2) is 4.89. The summed E-state index contributed by atoms with van der Waals surface area (Å²) in [5.41, 5.74) is 1.24. The molecule has 2 aromatic heterocycles. The molecule has 1 aliphatic rings. The minimum atomic E-state index is 0.128. The highest BCUT2D eigenvalue weighted by Crippen LogP contribution is 2.40. The van der Waals surface area contributed by atoms with Crippen LogP contribution in [0.3, 0.4) is 0 Å². The zero-order valence-corrected chi connectivity index (χ0v) is 11.9. The third-order valence-corrected chi connectivity index (χ3v) is 4.34. The van der Waals surface area contributed by atoms with Crippen LogP contribution in [0.1, 0.15) is 25.8 Å². The van der Waals surface area contributed by atoms with E-state index >= 15 is 0 Å². The van der Waals surface area contributed by atoms with Gasteiger partial charge in [0.05, 0.1) is 6.33 Å². The third-order valence-electron chi connectivity index (χ3n) is 3.90. The molecule has 7 heteroatoms. The van der Waals surface area contributed by atoms with E-state index in [1.54, 1.807) is 6.33 Å². The molecule has 0 aliphatic heterocycles. The van der Waals surface area contributed by atoms with E-state index in [2.05, 4.69) is 21.9 Å². The second-order valence-corrected chi connectivity index (χ2v) is 5.87. The highest BCUT2D eigenvalue weighted by atomic mass is 35.5. The molecule has 3 atom stereocenters. The van der Waals surface area contributed by atoms with E-state index in [0.717, 1.165) is 12.8 Å². The maximum Gasteiger partial charge on any atom is 0.225 e. The van der Waals surface area contributed by atoms with E-state index in [0.29, 0.717) is 23.0 Å². The Labute approximate surface area is 120 Å². The van der Waals surface area contributed by atoms with E-state index in [9.17, 15) is 5.11 Å². The summed E-state index contributed by atoms with van der Waals surface area (Å²) >= 11 is 11.9. The molecule has 0 spiro atoms. The number of nitrogens with zero attached hydrogens (tertiary/aromatic N) is 4. The monoisotopic (exact) mass is 300 g/mol. The molecule has 0 amide bonds. The van der Waals surface area contributed by atoms with Gasteiger partial charge in [-0.15, -0.1) is 0 Å². The lowest BCUT2D eigenvalue weighted by Crippen LogP contribution is -2.11. The second-order valence-electron chi connectivity index (χ2n) is 5.17. The van der Waals surface area contributed by atoms with Crippen molar-refractivity contribution in [3.05, 3.63) is 16.8 Å². The number of rotatable bonds is 2. The minimum absolute atomic E-state index is 0.128. The Balaban J connectivity index is 2.06. The summed E-state index contributed by atoms with van der Waals surface area (Å²) < 4.78 is 2.01. The predicted octanol–water partition coefficient (Wildman–Crippen LogP) is 2.71. The summed E-state index contributed by atoms with van der Waals surface area (Å²) in [5.74, 6) is 0.798. The van der Waals surface area contributed by atoms with Crippen LogP contribution in [0.5, 0.6) is 0 Å². The van der Waals surface area contributed by atoms with Crippen molar-refractivity contribution >= 4 is 34.4 Å². The van der Waals surface area contributed by atoms with Crippen LogP contribution in [0, 0.1) is 11.8 Å². The van der Waals surface area contributed by atoms with Gasteiger partial charge in [0.1, 0.15) is 5.52 Å². The van der Waals surface area contributed by atoms with Crippen LogP contribution in [0.15, 0.2) is 6.33 Å². The summed E-state index contributed by atoms with van der Waals surface area (Å²) in [6, 6.07) is 0.268. The Hall–Kier alpha value is -0.910. The molecule has 0 radical (unpaired) electrons. The highest BCUT2D eigenvalue weighted by Gasteiger charge is 2.33. The van der Waals surface area contributed by atoms with Gasteiger partial charge in [-0.1, -0.05) is 18.5 Å². The van der Waals surface area contributed by atoms with Crippen molar-refractivity contribution in [3.8, 4) is 0 Å². The fraction of sp³-hybridized carbons (Fsp3) is 0.583. The van der Waals surface area contributed by atoms with Gasteiger partial charge in [-0.3, -0.25) is 0 Å². The van der Waals surface area contributed by atoms with Gasteiger partial charge in [-0.25, -0.2) is 9.97 Å². The zero-order chi connectivity index (χ0) is 13.6. The molecule has 1 fully saturated rings. The van der Waals surface area contributed by atoms with Gasteiger partial charge in [0.2, 0.25) is 5.28 Å². The Morgan fingerprint density at radius 1 is 1.37 bits per heavy atom. The third kappa shape index (κ3) is 2.20. The summed E-state index contributed by atoms with van der Waals surface area (Å²) in [7, 11) is 0. The lowest BCUT2D eigenvalue weighted by molar-refractivity contribution is 0.225. The molecule has 1 saturated carbocycles. The molecule has 2 aromatic rings. The normalized spacial score (nSPS) is 27.3. The Bertz CT molecular complexity index is 615. The number of halogens is 2. The van der Waals surface area contributed by atoms with E-state index in [4.69, 9.17) is 23.2 Å². The number of fused-ring (bicyclic) bond motifs is 1. The largest absolute Gasteiger partial charge is 0.396 e. The van der Waals surface area contributed by atoms with Gasteiger partial charge < -0.3 is 9.67 Å². The molecule has 5 nitrogen and oxygen atoms in total. The van der Waals surface area contributed by atoms with Crippen molar-refractivity contribution < 1.29 is 5.11 Å². The Morgan fingerprint density at radius 2 is 2.16 bits per heavy atom. The molecule has 0 saturated heterocycles. The maximum atomic E-state index is 9.31. The van der Waals surface area contributed by atoms with E-state index in [1.807, 2.05) is 4.57 Å². The number of aromatic nitrogens is 4. The van der Waals surface area contributed by atoms with Crippen LogP contribution in [0.2, 0.25) is 10.4 Å². The van der Waals surface area contributed by atoms with Crippen molar-refractivity contribution in [2.75, 3.05) is 6.61 Å². The zero-order valence-electron chi connectivity index (χ0n) is 10.4. The maximum absolute atomic E-state index is 9.31. The molecule has 102 valence electrons. The van der Waals surface area contributed by atoms with Crippen LogP contribution < -0.4 is 0 Å². The summed E-state index contributed by atoms with van der Waals surface area (Å²) in [4.78, 5) is 12.4. The van der Waals surface area contributed by atoms with Gasteiger partial charge in [-0.05, 0) is 36.3 Å². The quantitative estimate of drug-likeness (QED) is 0.684. The molecule has 0 unspecified atom stereocenters. The first-order valence-electron chi connectivity index (χ1n) is 6.26. The summed E-state index contributed by atoms with van der Waals surface area (Å²) in [5, 5.41) is 9.71. The lowest BCUT2D eigenvalue weighted by atomic mass is 10.1. The summed E-state index contributed by atoms with van der Waals surface area (Å²) in [6.45, 7) is 2.40. The number of aliphatic hydroxyl groups is 1. The van der Waals surface area contributed by atoms with Crippen LogP contribution in [0.4, 0.5) is 0 Å². The van der Waals surface area contributed by atoms with Crippen LogP contribution >= 0.6 is 23.2 Å². The number of hydrogen-bond acceptors (Lipinski definition) is 4. The van der Waals surface area contributed by atoms with Gasteiger partial charge in [0, 0.05) is 12.6 Å². The van der Waals surface area contributed by atoms with Gasteiger partial charge in [0.25, 0.3) is 0 Å². The van der Waals surface area contributed by atoms with Crippen LogP contribution in [-0.4, -0.2) is 31.2 Å². The van der Waals surface area contributed by atoms with Crippen molar-refractivity contribution in [2.45, 2.75) is 25.8 Å². The SMILES string of the molecule is C[C@@H]1C[C@@H](CO)C[C@H]1n1cnc2c(Cl)nc(Cl)nc21. The molecule has 0 aromatic carbocycles. The first-order valence-corrected chi connectivity index (χ1v) is 7.02. The van der Waals surface area contributed by atoms with Gasteiger partial charge in [-0.2, -0.15) is 4.98 Å². The minimum Gasteiger partial charge on any atom is -0.396 e. The average Bonchev–Trinajstić information content (AvgIpc) is 2.92. The van der Waals surface area contributed by atoms with Crippen molar-refractivity contribution in [2.24, 2.45) is 11.8 Å². The molecule has 19 heavy (non-hydrogen) atoms. The van der Waals surface area contributed by atoms with Gasteiger partial charge in [0.15, 0.2) is 10.8 Å². The van der Waals surface area contributed by atoms with E-state index < -0.39 is 0 Å². The average molecular weight is 301 g/mol. The van der Waals surface area contributed by atoms with Crippen molar-refractivity contribution in [1.29, 1.82) is 0 Å². The number of hydrogen-bond donors (Lipinski definition) is 1. The molecule has 1 aliphatic carbocycles. The van der Waals surface area contributed by atoms with E-state index in [-0.39, 0.29) is 23.1 Å². The molecule has 3 rings (SSSR count). The Kier molecular flexibility index (Phi) is 3.37. The molecule has 1 N–H and O–H groups in total. The van der Waals surface area contributed by atoms with Crippen molar-refractivity contribution in [1.82, 2.24) is 19.5 Å². The van der Waals surface area contributed by atoms with Gasteiger partial charge >= 0.3 is 0 Å². The van der Waals surface area contributed by atoms with Crippen LogP contribution in [-0.2, 0) is 0 Å². The standard InChI is InChI=1S/C12H14Cl2N4O/c1-6-2-7(4-19)3-8(6)18-5-15-9-10(13)16-12(14)17-11(9)18/h5-8,19H,2-4H2,1H3/t6-,7-,8-/m1/s1. The Morgan fingerprint density at radius 3 is 2.84 bits per heavy atom. The predicted molar refractivity (Wildman–Crippen MR) is 73.4 cm³/mol. The molecular weight excluding hydrogens is 287 g/mol. The van der Waals surface area contributed by atoms with Crippen LogP contribution in [0.25, 0.3) is 11.2 Å². The fourth-order valence-electron chi connectivity index (χ4n) is 2.99. The highest BCUT2D eigenvalue weighted by molar-refractivity contribution is 6.35. The van der Waals surface area contributed by atoms with E-state index in [1.165, 1.54) is 0 Å². The first-order chi connectivity index (χ1) is 9.10. The first kappa shape index (κ1) is 13.1. The topological polar surface area (TPSA) is 63.8 Å². The fourth-order valence-corrected chi connectivity index (χ4v) is 3.41. The summed E-state index contributed by atoms with van der Waals surface area (Å²) in [6.07, 6.45) is 3.66. The smallest absolute Gasteiger partial charge is 0.225 e.